The molecular weight excluding hydrogens is 244 g/mol. The Kier molecular flexibility index (Phi) is 4.23. The summed E-state index contributed by atoms with van der Waals surface area (Å²) < 4.78 is 0. The summed E-state index contributed by atoms with van der Waals surface area (Å²) in [5.41, 5.74) is 6.06. The van der Waals surface area contributed by atoms with E-state index in [2.05, 4.69) is 41.6 Å². The van der Waals surface area contributed by atoms with Gasteiger partial charge >= 0.3 is 0 Å². The van der Waals surface area contributed by atoms with Crippen LogP contribution in [0.1, 0.15) is 11.1 Å². The van der Waals surface area contributed by atoms with Gasteiger partial charge in [0.1, 0.15) is 5.01 Å². The third kappa shape index (κ3) is 2.32. The molecule has 2 rings (SSSR count). The minimum absolute atomic E-state index is 0. The number of hydrogen-bond acceptors (Lipinski definition) is 5. The average Bonchev–Trinajstić information content (AvgIpc) is 2.66. The van der Waals surface area contributed by atoms with E-state index in [1.54, 1.807) is 0 Å². The van der Waals surface area contributed by atoms with Gasteiger partial charge in [-0.2, -0.15) is 0 Å². The molecule has 1 aromatic carbocycles. The molecule has 3 N–H and O–H groups in total. The minimum Gasteiger partial charge on any atom is -0.298 e. The first-order valence-corrected chi connectivity index (χ1v) is 5.40. The van der Waals surface area contributed by atoms with Crippen LogP contribution >= 0.6 is 23.7 Å². The lowest BCUT2D eigenvalue weighted by Crippen LogP contribution is -2.05. The minimum atomic E-state index is 0. The first-order chi connectivity index (χ1) is 7.22. The summed E-state index contributed by atoms with van der Waals surface area (Å²) >= 11 is 1.46. The highest BCUT2D eigenvalue weighted by Gasteiger charge is 2.10. The Morgan fingerprint density at radius 3 is 2.31 bits per heavy atom. The van der Waals surface area contributed by atoms with Crippen molar-refractivity contribution in [1.82, 2.24) is 10.2 Å². The lowest BCUT2D eigenvalue weighted by Gasteiger charge is -2.04. The number of anilines is 1. The summed E-state index contributed by atoms with van der Waals surface area (Å²) in [6.07, 6.45) is 0. The Balaban J connectivity index is 0.00000128. The van der Waals surface area contributed by atoms with Crippen LogP contribution in [0.25, 0.3) is 10.6 Å². The zero-order valence-corrected chi connectivity index (χ0v) is 10.7. The fourth-order valence-electron chi connectivity index (χ4n) is 1.53. The predicted molar refractivity (Wildman–Crippen MR) is 69.9 cm³/mol. The lowest BCUT2D eigenvalue weighted by molar-refractivity contribution is 1.08. The molecule has 0 fully saturated rings. The first kappa shape index (κ1) is 12.9. The maximum Gasteiger partial charge on any atom is 0.220 e. The number of nitrogen functional groups attached to an aromatic ring is 1. The monoisotopic (exact) mass is 256 g/mol. The number of benzene rings is 1. The maximum atomic E-state index is 5.28. The van der Waals surface area contributed by atoms with Gasteiger partial charge in [0.2, 0.25) is 5.13 Å². The van der Waals surface area contributed by atoms with Gasteiger partial charge in [-0.1, -0.05) is 29.5 Å². The number of halogens is 1. The van der Waals surface area contributed by atoms with E-state index in [0.717, 1.165) is 10.6 Å². The summed E-state index contributed by atoms with van der Waals surface area (Å²) in [5, 5.41) is 9.56. The molecule has 0 aliphatic rings. The highest BCUT2D eigenvalue weighted by atomic mass is 35.5. The van der Waals surface area contributed by atoms with Gasteiger partial charge in [0.15, 0.2) is 0 Å². The van der Waals surface area contributed by atoms with E-state index in [1.165, 1.54) is 22.5 Å². The van der Waals surface area contributed by atoms with Gasteiger partial charge in [-0.25, -0.2) is 5.84 Å². The Labute approximate surface area is 104 Å². The second-order valence-electron chi connectivity index (χ2n) is 3.32. The molecule has 6 heteroatoms. The number of nitrogens with one attached hydrogen (secondary N) is 1. The number of hydrazine groups is 1. The van der Waals surface area contributed by atoms with E-state index in [-0.39, 0.29) is 12.4 Å². The van der Waals surface area contributed by atoms with Crippen LogP contribution in [-0.2, 0) is 0 Å². The topological polar surface area (TPSA) is 63.8 Å². The van der Waals surface area contributed by atoms with Crippen LogP contribution in [0.2, 0.25) is 0 Å². The van der Waals surface area contributed by atoms with Crippen molar-refractivity contribution in [2.45, 2.75) is 13.8 Å². The SMILES string of the molecule is Cc1cccc(C)c1-c1nnc(NN)s1.Cl. The van der Waals surface area contributed by atoms with Crippen molar-refractivity contribution in [3.63, 3.8) is 0 Å². The van der Waals surface area contributed by atoms with E-state index >= 15 is 0 Å². The van der Waals surface area contributed by atoms with Gasteiger partial charge < -0.3 is 0 Å². The molecule has 16 heavy (non-hydrogen) atoms. The smallest absolute Gasteiger partial charge is 0.220 e. The van der Waals surface area contributed by atoms with E-state index in [4.69, 9.17) is 5.84 Å². The normalized spacial score (nSPS) is 9.69. The molecule has 0 aliphatic carbocycles. The third-order valence-electron chi connectivity index (χ3n) is 2.24. The lowest BCUT2D eigenvalue weighted by atomic mass is 10.0. The molecule has 4 nitrogen and oxygen atoms in total. The molecule has 0 radical (unpaired) electrons. The van der Waals surface area contributed by atoms with Crippen molar-refractivity contribution in [3.8, 4) is 10.6 Å². The molecule has 0 saturated carbocycles. The molecule has 0 unspecified atom stereocenters. The van der Waals surface area contributed by atoms with Crippen molar-refractivity contribution in [2.24, 2.45) is 5.84 Å². The standard InChI is InChI=1S/C10H12N4S.ClH/c1-6-4-3-5-7(2)8(6)9-13-14-10(12-11)15-9;/h3-5H,11H2,1-2H3,(H,12,14);1H. The van der Waals surface area contributed by atoms with E-state index in [1.807, 2.05) is 6.07 Å². The molecule has 0 amide bonds. The summed E-state index contributed by atoms with van der Waals surface area (Å²) in [4.78, 5) is 0. The Bertz CT molecular complexity index is 463. The molecule has 0 spiro atoms. The largest absolute Gasteiger partial charge is 0.298 e. The second-order valence-corrected chi connectivity index (χ2v) is 4.30. The van der Waals surface area contributed by atoms with Crippen molar-refractivity contribution < 1.29 is 0 Å². The fraction of sp³-hybridized carbons (Fsp3) is 0.200. The van der Waals surface area contributed by atoms with Crippen LogP contribution < -0.4 is 11.3 Å². The van der Waals surface area contributed by atoms with Gasteiger partial charge in [-0.15, -0.1) is 22.6 Å². The molecule has 2 aromatic rings. The number of aryl methyl sites for hydroxylation is 2. The second kappa shape index (κ2) is 5.25. The zero-order chi connectivity index (χ0) is 10.8. The van der Waals surface area contributed by atoms with Crippen LogP contribution in [0.4, 0.5) is 5.13 Å². The Hall–Kier alpha value is -1.17. The van der Waals surface area contributed by atoms with Crippen molar-refractivity contribution in [3.05, 3.63) is 29.3 Å². The molecule has 0 bridgehead atoms. The number of rotatable bonds is 2. The number of aromatic nitrogens is 2. The molecule has 0 aliphatic heterocycles. The quantitative estimate of drug-likeness (QED) is 0.640. The van der Waals surface area contributed by atoms with Gasteiger partial charge in [0, 0.05) is 5.56 Å². The van der Waals surface area contributed by atoms with Crippen molar-refractivity contribution >= 4 is 28.9 Å². The van der Waals surface area contributed by atoms with Crippen LogP contribution in [0.3, 0.4) is 0 Å². The third-order valence-corrected chi connectivity index (χ3v) is 3.12. The zero-order valence-electron chi connectivity index (χ0n) is 9.02. The maximum absolute atomic E-state index is 5.28. The highest BCUT2D eigenvalue weighted by Crippen LogP contribution is 2.30. The molecule has 0 atom stereocenters. The van der Waals surface area contributed by atoms with Crippen LogP contribution in [0, 0.1) is 13.8 Å². The average molecular weight is 257 g/mol. The summed E-state index contributed by atoms with van der Waals surface area (Å²) in [6.45, 7) is 4.14. The summed E-state index contributed by atoms with van der Waals surface area (Å²) in [5.74, 6) is 5.28. The molecule has 0 saturated heterocycles. The van der Waals surface area contributed by atoms with Crippen LogP contribution in [0.15, 0.2) is 18.2 Å². The van der Waals surface area contributed by atoms with Crippen molar-refractivity contribution in [2.75, 3.05) is 5.43 Å². The Morgan fingerprint density at radius 1 is 1.19 bits per heavy atom. The predicted octanol–water partition coefficient (Wildman–Crippen LogP) is 2.53. The van der Waals surface area contributed by atoms with Crippen molar-refractivity contribution in [1.29, 1.82) is 0 Å². The summed E-state index contributed by atoms with van der Waals surface area (Å²) in [6, 6.07) is 6.18. The number of nitrogens with two attached hydrogens (primary N) is 1. The van der Waals surface area contributed by atoms with Gasteiger partial charge in [0.05, 0.1) is 0 Å². The number of hydrogen-bond donors (Lipinski definition) is 2. The van der Waals surface area contributed by atoms with Gasteiger partial charge in [-0.3, -0.25) is 5.43 Å². The van der Waals surface area contributed by atoms with Gasteiger partial charge in [0.25, 0.3) is 0 Å². The van der Waals surface area contributed by atoms with E-state index in [0.29, 0.717) is 5.13 Å². The number of nitrogens with zero attached hydrogens (tertiary/aromatic N) is 2. The fourth-order valence-corrected chi connectivity index (χ4v) is 2.36. The van der Waals surface area contributed by atoms with E-state index < -0.39 is 0 Å². The van der Waals surface area contributed by atoms with Crippen LogP contribution in [-0.4, -0.2) is 10.2 Å². The van der Waals surface area contributed by atoms with Crippen LogP contribution in [0.5, 0.6) is 0 Å². The first-order valence-electron chi connectivity index (χ1n) is 4.59. The van der Waals surface area contributed by atoms with E-state index in [9.17, 15) is 0 Å². The molecule has 86 valence electrons. The molecular formula is C10H13ClN4S. The highest BCUT2D eigenvalue weighted by molar-refractivity contribution is 7.18. The van der Waals surface area contributed by atoms with Gasteiger partial charge in [-0.05, 0) is 25.0 Å². The molecule has 1 aromatic heterocycles. The Morgan fingerprint density at radius 2 is 1.81 bits per heavy atom. The summed E-state index contributed by atoms with van der Waals surface area (Å²) in [7, 11) is 0. The molecule has 1 heterocycles.